The first-order valence-electron chi connectivity index (χ1n) is 22.3. The summed E-state index contributed by atoms with van der Waals surface area (Å²) < 4.78 is 12.2. The third-order valence-electron chi connectivity index (χ3n) is 12.8. The molecule has 9 atom stereocenters. The van der Waals surface area contributed by atoms with Crippen molar-refractivity contribution in [2.45, 2.75) is 136 Å². The number of nitrogens with zero attached hydrogens (tertiary/aromatic N) is 3. The first kappa shape index (κ1) is 51.8. The van der Waals surface area contributed by atoms with E-state index in [1.54, 1.807) is 50.1 Å². The number of methoxy groups -OCH3 is 2. The van der Waals surface area contributed by atoms with Crippen LogP contribution in [0, 0.1) is 23.7 Å². The zero-order valence-electron chi connectivity index (χ0n) is 39.7. The maximum Gasteiger partial charge on any atom is 0.245 e. The maximum atomic E-state index is 14.6. The van der Waals surface area contributed by atoms with Crippen molar-refractivity contribution >= 4 is 35.2 Å². The smallest absolute Gasteiger partial charge is 0.245 e. The molecule has 2 aromatic rings. The van der Waals surface area contributed by atoms with Gasteiger partial charge >= 0.3 is 0 Å². The Morgan fingerprint density at radius 3 is 1.98 bits per heavy atom. The number of amides is 5. The Bertz CT molecular complexity index is 1750. The van der Waals surface area contributed by atoms with Gasteiger partial charge in [0.2, 0.25) is 29.5 Å². The second kappa shape index (κ2) is 23.8. The average molecular weight is 864 g/mol. The number of hydrogen-bond acceptors (Lipinski definition) is 9. The average Bonchev–Trinajstić information content (AvgIpc) is 3.63. The molecule has 2 aromatic carbocycles. The lowest BCUT2D eigenvalue weighted by Gasteiger charge is -2.44. The quantitative estimate of drug-likeness (QED) is 0.116. The summed E-state index contributed by atoms with van der Waals surface area (Å²) in [5.74, 6) is -2.30. The van der Waals surface area contributed by atoms with E-state index in [0.717, 1.165) is 17.5 Å². The van der Waals surface area contributed by atoms with Gasteiger partial charge in [0, 0.05) is 46.5 Å². The molecule has 2 unspecified atom stereocenters. The largest absolute Gasteiger partial charge is 0.399 e. The molecule has 0 bridgehead atoms. The molecular weight excluding hydrogens is 787 g/mol. The first-order chi connectivity index (χ1) is 29.2. The van der Waals surface area contributed by atoms with Crippen molar-refractivity contribution in [3.05, 3.63) is 65.7 Å². The summed E-state index contributed by atoms with van der Waals surface area (Å²) in [6, 6.07) is 14.2. The molecular formula is C48H77N7O7. The summed E-state index contributed by atoms with van der Waals surface area (Å²) >= 11 is 0. The number of carbonyl (C=O) groups excluding carboxylic acids is 5. The summed E-state index contributed by atoms with van der Waals surface area (Å²) in [5.41, 5.74) is 7.36. The van der Waals surface area contributed by atoms with Gasteiger partial charge in [0.1, 0.15) is 12.1 Å². The molecule has 0 saturated carbocycles. The van der Waals surface area contributed by atoms with Crippen molar-refractivity contribution in [3.8, 4) is 0 Å². The van der Waals surface area contributed by atoms with Gasteiger partial charge in [-0.25, -0.2) is 0 Å². The Labute approximate surface area is 371 Å². The van der Waals surface area contributed by atoms with Gasteiger partial charge in [-0.15, -0.1) is 0 Å². The van der Waals surface area contributed by atoms with Crippen LogP contribution in [-0.2, 0) is 46.4 Å². The van der Waals surface area contributed by atoms with Crippen molar-refractivity contribution in [2.75, 3.05) is 47.6 Å². The number of carbonyl (C=O) groups is 5. The van der Waals surface area contributed by atoms with Crippen LogP contribution >= 0.6 is 0 Å². The zero-order valence-corrected chi connectivity index (χ0v) is 39.7. The number of nitrogens with one attached hydrogen (secondary N) is 3. The molecule has 346 valence electrons. The van der Waals surface area contributed by atoms with E-state index < -0.39 is 47.8 Å². The van der Waals surface area contributed by atoms with Crippen molar-refractivity contribution in [2.24, 2.45) is 23.7 Å². The van der Waals surface area contributed by atoms with Gasteiger partial charge in [0.15, 0.2) is 0 Å². The van der Waals surface area contributed by atoms with Gasteiger partial charge in [0.25, 0.3) is 0 Å². The van der Waals surface area contributed by atoms with Crippen molar-refractivity contribution in [1.29, 1.82) is 0 Å². The summed E-state index contributed by atoms with van der Waals surface area (Å²) in [7, 11) is 8.54. The van der Waals surface area contributed by atoms with Gasteiger partial charge in [0.05, 0.1) is 42.2 Å². The minimum absolute atomic E-state index is 0.0161. The lowest BCUT2D eigenvalue weighted by molar-refractivity contribution is -0.152. The van der Waals surface area contributed by atoms with E-state index >= 15 is 0 Å². The number of likely N-dealkylation sites (N-methyl/N-ethyl adjacent to an activating group) is 2. The van der Waals surface area contributed by atoms with Gasteiger partial charge in [-0.2, -0.15) is 0 Å². The molecule has 1 aliphatic heterocycles. The van der Waals surface area contributed by atoms with Crippen LogP contribution < -0.4 is 21.7 Å². The van der Waals surface area contributed by atoms with Crippen LogP contribution in [0.5, 0.6) is 0 Å². The minimum atomic E-state index is -0.874. The second-order valence-corrected chi connectivity index (χ2v) is 18.3. The van der Waals surface area contributed by atoms with Crippen LogP contribution in [0.4, 0.5) is 5.69 Å². The first-order valence-corrected chi connectivity index (χ1v) is 22.3. The van der Waals surface area contributed by atoms with Crippen LogP contribution in [-0.4, -0.2) is 128 Å². The number of benzene rings is 2. The van der Waals surface area contributed by atoms with Crippen LogP contribution in [0.2, 0.25) is 0 Å². The Balaban J connectivity index is 1.84. The number of anilines is 1. The predicted molar refractivity (Wildman–Crippen MR) is 245 cm³/mol. The van der Waals surface area contributed by atoms with Gasteiger partial charge in [-0.05, 0) is 74.9 Å². The third kappa shape index (κ3) is 13.2. The number of rotatable bonds is 23. The van der Waals surface area contributed by atoms with E-state index in [-0.39, 0.29) is 66.7 Å². The van der Waals surface area contributed by atoms with Crippen LogP contribution in [0.3, 0.4) is 0 Å². The number of hydrogen-bond donors (Lipinski definition) is 4. The SMILES string of the molecule is CC[C@H](C)[C@@H]([C@@H](CC(=O)N1CCCC1(C)C(OC)[C@@H](C)C(=O)N[C@@H](Cc1ccccc1)C(=O)NCc1ccc(N)cc1)OC)N(C)C(=O)[C@@H](NC(=O)[C@H](C(C)C)N(C)C)C(C)C. The normalized spacial score (nSPS) is 19.3. The van der Waals surface area contributed by atoms with Gasteiger partial charge in [-0.1, -0.05) is 97.4 Å². The van der Waals surface area contributed by atoms with E-state index in [9.17, 15) is 24.0 Å². The highest BCUT2D eigenvalue weighted by Crippen LogP contribution is 2.38. The van der Waals surface area contributed by atoms with E-state index in [2.05, 4.69) is 16.0 Å². The highest BCUT2D eigenvalue weighted by atomic mass is 16.5. The fourth-order valence-corrected chi connectivity index (χ4v) is 9.25. The van der Waals surface area contributed by atoms with Crippen molar-refractivity contribution in [1.82, 2.24) is 30.7 Å². The fourth-order valence-electron chi connectivity index (χ4n) is 9.25. The highest BCUT2D eigenvalue weighted by molar-refractivity contribution is 5.91. The lowest BCUT2D eigenvalue weighted by Crippen LogP contribution is -2.61. The van der Waals surface area contributed by atoms with Crippen LogP contribution in [0.25, 0.3) is 0 Å². The number of nitrogen functional groups attached to an aromatic ring is 1. The third-order valence-corrected chi connectivity index (χ3v) is 12.8. The Kier molecular flexibility index (Phi) is 19.9. The number of nitrogens with two attached hydrogens (primary N) is 1. The molecule has 0 aromatic heterocycles. The van der Waals surface area contributed by atoms with E-state index in [4.69, 9.17) is 15.2 Å². The standard InChI is InChI=1S/C48H77N7O7/c1-14-32(6)42(54(11)47(60)40(30(2)3)52-46(59)41(31(4)5)53(9)10)38(61-12)28-39(56)55-26-18-25-48(55,8)43(62-13)33(7)44(57)51-37(27-34-19-16-15-17-20-34)45(58)50-29-35-21-23-36(49)24-22-35/h15-17,19-24,30-33,37-38,40-43H,14,18,25-29,49H2,1-13H3,(H,50,58)(H,51,57)(H,52,59)/t32-,33+,37-,38+,40-,41-,42-,43?,48?/m0/s1. The Hall–Kier alpha value is -4.53. The Morgan fingerprint density at radius 2 is 1.45 bits per heavy atom. The van der Waals surface area contributed by atoms with Gasteiger partial charge < -0.3 is 41.0 Å². The number of ether oxygens (including phenoxy) is 2. The molecule has 5 amide bonds. The molecule has 5 N–H and O–H groups in total. The Morgan fingerprint density at radius 1 is 0.823 bits per heavy atom. The summed E-state index contributed by atoms with van der Waals surface area (Å²) in [5, 5.41) is 9.03. The van der Waals surface area contributed by atoms with E-state index in [0.29, 0.717) is 25.1 Å². The molecule has 14 nitrogen and oxygen atoms in total. The highest BCUT2D eigenvalue weighted by Gasteiger charge is 2.50. The molecule has 1 fully saturated rings. The van der Waals surface area contributed by atoms with Crippen LogP contribution in [0.1, 0.15) is 92.2 Å². The maximum absolute atomic E-state index is 14.6. The summed E-state index contributed by atoms with van der Waals surface area (Å²) in [6.07, 6.45) is 0.885. The predicted octanol–water partition coefficient (Wildman–Crippen LogP) is 4.65. The molecule has 1 aliphatic rings. The fraction of sp³-hybridized carbons (Fsp3) is 0.646. The molecule has 3 rings (SSSR count). The molecule has 1 saturated heterocycles. The summed E-state index contributed by atoms with van der Waals surface area (Å²) in [4.78, 5) is 75.7. The zero-order chi connectivity index (χ0) is 46.5. The summed E-state index contributed by atoms with van der Waals surface area (Å²) in [6.45, 7) is 16.3. The van der Waals surface area contributed by atoms with Crippen LogP contribution in [0.15, 0.2) is 54.6 Å². The minimum Gasteiger partial charge on any atom is -0.399 e. The monoisotopic (exact) mass is 864 g/mol. The van der Waals surface area contributed by atoms with E-state index in [1.807, 2.05) is 110 Å². The molecule has 0 radical (unpaired) electrons. The van der Waals surface area contributed by atoms with Crippen molar-refractivity contribution in [3.63, 3.8) is 0 Å². The van der Waals surface area contributed by atoms with E-state index in [1.165, 1.54) is 0 Å². The second-order valence-electron chi connectivity index (χ2n) is 18.3. The molecule has 0 spiro atoms. The topological polar surface area (TPSA) is 176 Å². The lowest BCUT2D eigenvalue weighted by atomic mass is 9.82. The van der Waals surface area contributed by atoms with Crippen molar-refractivity contribution < 1.29 is 33.4 Å². The molecule has 0 aliphatic carbocycles. The number of likely N-dealkylation sites (tertiary alicyclic amines) is 1. The molecule has 14 heteroatoms. The van der Waals surface area contributed by atoms with Gasteiger partial charge in [-0.3, -0.25) is 28.9 Å². The molecule has 62 heavy (non-hydrogen) atoms. The molecule has 1 heterocycles.